The van der Waals surface area contributed by atoms with Gasteiger partial charge < -0.3 is 35.8 Å². The van der Waals surface area contributed by atoms with Crippen LogP contribution in [0.25, 0.3) is 0 Å². The topological polar surface area (TPSA) is 155 Å². The Morgan fingerprint density at radius 2 is 0.983 bits per heavy atom. The van der Waals surface area contributed by atoms with Crippen LogP contribution in [0.15, 0.2) is 0 Å². The lowest BCUT2D eigenvalue weighted by Crippen LogP contribution is -2.69. The molecule has 0 aromatic heterocycles. The van der Waals surface area contributed by atoms with E-state index in [0.717, 1.165) is 38.5 Å². The highest BCUT2D eigenvalue weighted by molar-refractivity contribution is 5.82. The minimum absolute atomic E-state index is 0.175. The predicted molar refractivity (Wildman–Crippen MR) is 244 cm³/mol. The highest BCUT2D eigenvalue weighted by Crippen LogP contribution is 2.26. The number of hydrogen-bond acceptors (Lipinski definition) is 8. The first-order valence-electron chi connectivity index (χ1n) is 25.3. The Morgan fingerprint density at radius 3 is 1.36 bits per heavy atom. The van der Waals surface area contributed by atoms with E-state index >= 15 is 0 Å². The van der Waals surface area contributed by atoms with Crippen LogP contribution in [0.2, 0.25) is 0 Å². The van der Waals surface area contributed by atoms with Gasteiger partial charge in [-0.2, -0.15) is 0 Å². The fraction of sp³-hybridized carbons (Fsp3) is 0.959. The Labute approximate surface area is 363 Å². The third-order valence-corrected chi connectivity index (χ3v) is 12.3. The molecule has 0 unspecified atom stereocenters. The second kappa shape index (κ2) is 38.2. The first-order valence-corrected chi connectivity index (χ1v) is 25.3. The fourth-order valence-electron chi connectivity index (χ4n) is 8.45. The van der Waals surface area contributed by atoms with Crippen molar-refractivity contribution in [1.82, 2.24) is 10.2 Å². The van der Waals surface area contributed by atoms with Gasteiger partial charge in [0.15, 0.2) is 6.23 Å². The molecule has 0 radical (unpaired) electrons. The second-order valence-corrected chi connectivity index (χ2v) is 18.4. The van der Waals surface area contributed by atoms with E-state index in [-0.39, 0.29) is 12.5 Å². The van der Waals surface area contributed by atoms with Crippen molar-refractivity contribution < 1.29 is 34.4 Å². The first-order chi connectivity index (χ1) is 28.7. The minimum atomic E-state index is -1.48. The number of nitrogens with two attached hydrogens (primary N) is 1. The van der Waals surface area contributed by atoms with Gasteiger partial charge in [-0.05, 0) is 25.2 Å². The first kappa shape index (κ1) is 55.6. The normalized spacial score (nSPS) is 19.9. The Morgan fingerprint density at radius 1 is 0.610 bits per heavy atom. The average molecular weight is 840 g/mol. The molecule has 1 saturated heterocycles. The van der Waals surface area contributed by atoms with Crippen LogP contribution in [0.1, 0.15) is 240 Å². The van der Waals surface area contributed by atoms with Gasteiger partial charge in [-0.15, -0.1) is 0 Å². The summed E-state index contributed by atoms with van der Waals surface area (Å²) in [4.78, 5) is 28.4. The molecule has 6 N–H and O–H groups in total. The summed E-state index contributed by atoms with van der Waals surface area (Å²) in [5.41, 5.74) is 6.19. The number of amides is 2. The van der Waals surface area contributed by atoms with E-state index in [0.29, 0.717) is 19.4 Å². The molecule has 1 aliphatic heterocycles. The number of hydrogen-bond donors (Lipinski definition) is 5. The molecule has 0 saturated carbocycles. The Kier molecular flexibility index (Phi) is 36.0. The summed E-state index contributed by atoms with van der Waals surface area (Å²) in [6.07, 6.45) is 34.7. The molecule has 350 valence electrons. The molecule has 59 heavy (non-hydrogen) atoms. The maximum atomic E-state index is 13.8. The summed E-state index contributed by atoms with van der Waals surface area (Å²) >= 11 is 0. The SMILES string of the molecule is CCCCCCCCCCCCCCCCCCOC(=O)N(CCCCCCCCCCCCCCCCCC)[C@@H]1O[C@H](CO)[C@@H](O)[C@H](O)[C@H]1NC(=O)[C@@H](N)CC(C)C. The van der Waals surface area contributed by atoms with Crippen LogP contribution in [0.4, 0.5) is 4.79 Å². The van der Waals surface area contributed by atoms with E-state index in [1.54, 1.807) is 0 Å². The smallest absolute Gasteiger partial charge is 0.411 e. The molecule has 2 amide bonds. The number of aliphatic hydroxyl groups excluding tert-OH is 3. The number of unbranched alkanes of at least 4 members (excludes halogenated alkanes) is 30. The summed E-state index contributed by atoms with van der Waals surface area (Å²) in [6.45, 7) is 8.49. The van der Waals surface area contributed by atoms with Crippen molar-refractivity contribution in [3.05, 3.63) is 0 Å². The zero-order valence-corrected chi connectivity index (χ0v) is 39.0. The van der Waals surface area contributed by atoms with Crippen LogP contribution in [0, 0.1) is 5.92 Å². The van der Waals surface area contributed by atoms with Gasteiger partial charge in [0.1, 0.15) is 24.4 Å². The van der Waals surface area contributed by atoms with Crippen molar-refractivity contribution in [2.45, 2.75) is 276 Å². The van der Waals surface area contributed by atoms with Crippen LogP contribution in [0.5, 0.6) is 0 Å². The number of carbonyl (C=O) groups excluding carboxylic acids is 2. The molecule has 1 rings (SSSR count). The highest BCUT2D eigenvalue weighted by Gasteiger charge is 2.49. The van der Waals surface area contributed by atoms with Crippen molar-refractivity contribution in [2.75, 3.05) is 19.8 Å². The zero-order chi connectivity index (χ0) is 43.4. The van der Waals surface area contributed by atoms with E-state index in [4.69, 9.17) is 15.2 Å². The van der Waals surface area contributed by atoms with Gasteiger partial charge in [-0.3, -0.25) is 9.69 Å². The summed E-state index contributed by atoms with van der Waals surface area (Å²) in [5, 5.41) is 34.8. The number of nitrogens with one attached hydrogen (secondary N) is 1. The summed E-state index contributed by atoms with van der Waals surface area (Å²) in [5.74, 6) is -0.316. The van der Waals surface area contributed by atoms with E-state index in [1.165, 1.54) is 165 Å². The number of rotatable bonds is 40. The molecule has 1 heterocycles. The maximum absolute atomic E-state index is 13.8. The molecular formula is C49H97N3O7. The van der Waals surface area contributed by atoms with Crippen LogP contribution < -0.4 is 11.1 Å². The molecule has 0 bridgehead atoms. The molecular weight excluding hydrogens is 743 g/mol. The lowest BCUT2D eigenvalue weighted by Gasteiger charge is -2.46. The minimum Gasteiger partial charge on any atom is -0.449 e. The van der Waals surface area contributed by atoms with E-state index in [9.17, 15) is 24.9 Å². The van der Waals surface area contributed by atoms with E-state index < -0.39 is 55.2 Å². The van der Waals surface area contributed by atoms with Gasteiger partial charge in [0.2, 0.25) is 5.91 Å². The van der Waals surface area contributed by atoms with Crippen molar-refractivity contribution in [3.63, 3.8) is 0 Å². The third kappa shape index (κ3) is 28.0. The maximum Gasteiger partial charge on any atom is 0.411 e. The molecule has 0 spiro atoms. The monoisotopic (exact) mass is 840 g/mol. The highest BCUT2D eigenvalue weighted by atomic mass is 16.6. The standard InChI is InChI=1S/C49H97N3O7/c1-5-7-9-11-13-15-17-19-21-23-25-27-29-31-33-35-37-52(48-44(46(55)45(54)43(40-53)59-48)51-47(56)42(50)39-41(3)4)49(57)58-38-36-34-32-30-28-26-24-22-20-18-16-14-12-10-8-6-2/h41-46,48,53-55H,5-40,50H2,1-4H3,(H,51,56)/t42-,43+,44+,45+,46+,48+/m0/s1. The van der Waals surface area contributed by atoms with Gasteiger partial charge in [0, 0.05) is 6.54 Å². The molecule has 0 aromatic rings. The zero-order valence-electron chi connectivity index (χ0n) is 39.0. The lowest BCUT2D eigenvalue weighted by atomic mass is 9.94. The molecule has 6 atom stereocenters. The molecule has 0 aromatic carbocycles. The quantitative estimate of drug-likeness (QED) is 0.0382. The van der Waals surface area contributed by atoms with Crippen LogP contribution in [-0.4, -0.2) is 88.6 Å². The van der Waals surface area contributed by atoms with Crippen LogP contribution in [-0.2, 0) is 14.3 Å². The number of nitrogens with zero attached hydrogens (tertiary/aromatic N) is 1. The fourth-order valence-corrected chi connectivity index (χ4v) is 8.45. The van der Waals surface area contributed by atoms with Gasteiger partial charge in [-0.1, -0.05) is 220 Å². The molecule has 0 aliphatic carbocycles. The van der Waals surface area contributed by atoms with Gasteiger partial charge in [0.25, 0.3) is 0 Å². The van der Waals surface area contributed by atoms with E-state index in [1.807, 2.05) is 13.8 Å². The second-order valence-electron chi connectivity index (χ2n) is 18.4. The summed E-state index contributed by atoms with van der Waals surface area (Å²) in [6, 6.07) is -1.98. The number of aliphatic hydroxyl groups is 3. The van der Waals surface area contributed by atoms with Crippen molar-refractivity contribution in [2.24, 2.45) is 11.7 Å². The van der Waals surface area contributed by atoms with Gasteiger partial charge >= 0.3 is 6.09 Å². The largest absolute Gasteiger partial charge is 0.449 e. The number of ether oxygens (including phenoxy) is 2. The van der Waals surface area contributed by atoms with Crippen molar-refractivity contribution >= 4 is 12.0 Å². The Bertz CT molecular complexity index is 972. The Hall–Kier alpha value is -1.46. The molecule has 1 aliphatic rings. The van der Waals surface area contributed by atoms with Gasteiger partial charge in [0.05, 0.1) is 19.3 Å². The molecule has 10 heteroatoms. The third-order valence-electron chi connectivity index (χ3n) is 12.3. The average Bonchev–Trinajstić information content (AvgIpc) is 3.22. The lowest BCUT2D eigenvalue weighted by molar-refractivity contribution is -0.226. The molecule has 10 nitrogen and oxygen atoms in total. The number of carbonyl (C=O) groups is 2. The van der Waals surface area contributed by atoms with Crippen LogP contribution >= 0.6 is 0 Å². The Balaban J connectivity index is 2.60. The van der Waals surface area contributed by atoms with Gasteiger partial charge in [-0.25, -0.2) is 4.79 Å². The van der Waals surface area contributed by atoms with Crippen LogP contribution in [0.3, 0.4) is 0 Å². The summed E-state index contributed by atoms with van der Waals surface area (Å²) < 4.78 is 11.9. The van der Waals surface area contributed by atoms with Crippen molar-refractivity contribution in [3.8, 4) is 0 Å². The summed E-state index contributed by atoms with van der Waals surface area (Å²) in [7, 11) is 0. The molecule has 1 fully saturated rings. The van der Waals surface area contributed by atoms with Crippen molar-refractivity contribution in [1.29, 1.82) is 0 Å². The van der Waals surface area contributed by atoms with E-state index in [2.05, 4.69) is 19.2 Å². The predicted octanol–water partition coefficient (Wildman–Crippen LogP) is 11.2.